The normalized spacial score (nSPS) is 15.2. The topological polar surface area (TPSA) is 70.0 Å². The number of nitriles is 1. The van der Waals surface area contributed by atoms with Gasteiger partial charge in [-0.2, -0.15) is 9.98 Å². The molecule has 1 atom stereocenters. The highest BCUT2D eigenvalue weighted by molar-refractivity contribution is 7.92. The fraction of sp³-hybridized carbons (Fsp3) is 0.357. The Balaban J connectivity index is 2.91. The first-order valence-corrected chi connectivity index (χ1v) is 8.00. The van der Waals surface area contributed by atoms with Crippen LogP contribution in [0.15, 0.2) is 29.7 Å². The van der Waals surface area contributed by atoms with Crippen molar-refractivity contribution in [2.45, 2.75) is 26.3 Å². The van der Waals surface area contributed by atoms with Gasteiger partial charge in [0.05, 0.1) is 6.07 Å². The molecule has 0 saturated heterocycles. The monoisotopic (exact) mass is 312 g/mol. The molecule has 0 aliphatic rings. The van der Waals surface area contributed by atoms with Crippen LogP contribution < -0.4 is 4.72 Å². The van der Waals surface area contributed by atoms with Crippen LogP contribution in [0, 0.1) is 17.2 Å². The summed E-state index contributed by atoms with van der Waals surface area (Å²) in [6, 6.07) is 8.77. The highest BCUT2D eigenvalue weighted by Crippen LogP contribution is 2.17. The van der Waals surface area contributed by atoms with Crippen molar-refractivity contribution < 1.29 is 8.42 Å². The number of hydrogen-bond donors (Lipinski definition) is 1. The molecule has 1 aromatic rings. The first kappa shape index (κ1) is 16.7. The zero-order valence-electron chi connectivity index (χ0n) is 11.6. The third kappa shape index (κ3) is 4.64. The van der Waals surface area contributed by atoms with Crippen molar-refractivity contribution in [3.63, 3.8) is 0 Å². The number of rotatable bonds is 5. The third-order valence-electron chi connectivity index (χ3n) is 3.05. The summed E-state index contributed by atoms with van der Waals surface area (Å²) in [5.74, 6) is -0.147. The van der Waals surface area contributed by atoms with E-state index >= 15 is 0 Å². The van der Waals surface area contributed by atoms with Gasteiger partial charge in [-0.1, -0.05) is 37.6 Å². The Morgan fingerprint density at radius 2 is 1.90 bits per heavy atom. The van der Waals surface area contributed by atoms with E-state index in [1.165, 1.54) is 6.08 Å². The largest absolute Gasteiger partial charge is 0.235 e. The van der Waals surface area contributed by atoms with Crippen molar-refractivity contribution in [1.29, 1.82) is 5.26 Å². The van der Waals surface area contributed by atoms with E-state index in [9.17, 15) is 8.42 Å². The number of hydrogen-bond acceptors (Lipinski definition) is 3. The molecule has 108 valence electrons. The molecule has 20 heavy (non-hydrogen) atoms. The molecule has 1 rings (SSSR count). The zero-order valence-corrected chi connectivity index (χ0v) is 13.2. The number of benzene rings is 1. The van der Waals surface area contributed by atoms with E-state index < -0.39 is 15.6 Å². The van der Waals surface area contributed by atoms with Gasteiger partial charge in [0, 0.05) is 10.4 Å². The van der Waals surface area contributed by atoms with Crippen LogP contribution in [0.1, 0.15) is 26.3 Å². The minimum Gasteiger partial charge on any atom is -0.208 e. The minimum absolute atomic E-state index is 0.147. The molecule has 0 fully saturated rings. The molecule has 0 aliphatic carbocycles. The maximum Gasteiger partial charge on any atom is 0.235 e. The van der Waals surface area contributed by atoms with E-state index in [0.29, 0.717) is 10.6 Å². The summed E-state index contributed by atoms with van der Waals surface area (Å²) < 4.78 is 26.3. The Labute approximate surface area is 125 Å². The SMILES string of the molecule is CC(C)[C@](C)(C#N)NS(=O)(=O)/C=C/c1ccc(Cl)cc1. The summed E-state index contributed by atoms with van der Waals surface area (Å²) >= 11 is 5.75. The quantitative estimate of drug-likeness (QED) is 0.907. The van der Waals surface area contributed by atoms with E-state index in [-0.39, 0.29) is 5.92 Å². The molecule has 1 N–H and O–H groups in total. The van der Waals surface area contributed by atoms with Gasteiger partial charge in [0.15, 0.2) is 0 Å². The molecule has 0 amide bonds. The maximum atomic E-state index is 12.0. The van der Waals surface area contributed by atoms with E-state index in [1.54, 1.807) is 45.0 Å². The van der Waals surface area contributed by atoms with Crippen molar-refractivity contribution in [2.24, 2.45) is 5.92 Å². The van der Waals surface area contributed by atoms with Crippen LogP contribution in [0.3, 0.4) is 0 Å². The van der Waals surface area contributed by atoms with Crippen LogP contribution in [0.5, 0.6) is 0 Å². The Kier molecular flexibility index (Phi) is 5.35. The first-order chi connectivity index (χ1) is 9.18. The highest BCUT2D eigenvalue weighted by Gasteiger charge is 2.32. The summed E-state index contributed by atoms with van der Waals surface area (Å²) in [6.45, 7) is 5.13. The summed E-state index contributed by atoms with van der Waals surface area (Å²) in [5, 5.41) is 10.8. The van der Waals surface area contributed by atoms with Crippen LogP contribution in [0.2, 0.25) is 5.02 Å². The van der Waals surface area contributed by atoms with Gasteiger partial charge in [-0.15, -0.1) is 0 Å². The second-order valence-corrected chi connectivity index (χ2v) is 6.97. The van der Waals surface area contributed by atoms with Gasteiger partial charge >= 0.3 is 0 Å². The van der Waals surface area contributed by atoms with E-state index in [2.05, 4.69) is 4.72 Å². The standard InChI is InChI=1S/C14H17ClN2O2S/c1-11(2)14(3,10-16)17-20(18,19)9-8-12-4-6-13(15)7-5-12/h4-9,11,17H,1-3H3/b9-8+/t14-/m0/s1. The lowest BCUT2D eigenvalue weighted by Gasteiger charge is -2.25. The summed E-state index contributed by atoms with van der Waals surface area (Å²) in [6.07, 6.45) is 1.46. The average molecular weight is 313 g/mol. The number of halogens is 1. The van der Waals surface area contributed by atoms with Crippen molar-refractivity contribution in [2.75, 3.05) is 0 Å². The summed E-state index contributed by atoms with van der Waals surface area (Å²) in [5.41, 5.74) is -0.425. The molecule has 0 saturated carbocycles. The van der Waals surface area contributed by atoms with Crippen LogP contribution in [0.25, 0.3) is 6.08 Å². The summed E-state index contributed by atoms with van der Waals surface area (Å²) in [4.78, 5) is 0. The fourth-order valence-corrected chi connectivity index (χ4v) is 2.74. The molecule has 1 aromatic carbocycles. The molecule has 4 nitrogen and oxygen atoms in total. The highest BCUT2D eigenvalue weighted by atomic mass is 35.5. The Hall–Kier alpha value is -1.35. The van der Waals surface area contributed by atoms with Crippen molar-refractivity contribution in [3.8, 4) is 6.07 Å². The van der Waals surface area contributed by atoms with Gasteiger partial charge in [0.25, 0.3) is 0 Å². The van der Waals surface area contributed by atoms with Gasteiger partial charge in [-0.25, -0.2) is 8.42 Å². The van der Waals surface area contributed by atoms with E-state index in [4.69, 9.17) is 16.9 Å². The molecule has 0 aliphatic heterocycles. The Morgan fingerprint density at radius 1 is 1.35 bits per heavy atom. The molecule has 0 heterocycles. The lowest BCUT2D eigenvalue weighted by atomic mass is 9.92. The fourth-order valence-electron chi connectivity index (χ4n) is 1.34. The summed E-state index contributed by atoms with van der Waals surface area (Å²) in [7, 11) is -3.69. The van der Waals surface area contributed by atoms with Crippen molar-refractivity contribution in [1.82, 2.24) is 4.72 Å². The number of sulfonamides is 1. The average Bonchev–Trinajstić information content (AvgIpc) is 2.37. The minimum atomic E-state index is -3.69. The van der Waals surface area contributed by atoms with Gasteiger partial charge in [-0.05, 0) is 36.6 Å². The number of nitrogens with zero attached hydrogens (tertiary/aromatic N) is 1. The van der Waals surface area contributed by atoms with E-state index in [0.717, 1.165) is 5.41 Å². The van der Waals surface area contributed by atoms with Gasteiger partial charge in [0.2, 0.25) is 10.0 Å². The molecule has 0 unspecified atom stereocenters. The molecule has 0 aromatic heterocycles. The van der Waals surface area contributed by atoms with Gasteiger partial charge < -0.3 is 0 Å². The molecular weight excluding hydrogens is 296 g/mol. The van der Waals surface area contributed by atoms with Crippen LogP contribution in [-0.2, 0) is 10.0 Å². The lowest BCUT2D eigenvalue weighted by molar-refractivity contribution is 0.390. The van der Waals surface area contributed by atoms with Gasteiger partial charge in [-0.3, -0.25) is 0 Å². The predicted molar refractivity (Wildman–Crippen MR) is 81.4 cm³/mol. The molecule has 0 bridgehead atoms. The van der Waals surface area contributed by atoms with Gasteiger partial charge in [0.1, 0.15) is 5.54 Å². The molecule has 6 heteroatoms. The van der Waals surface area contributed by atoms with Crippen molar-refractivity contribution in [3.05, 3.63) is 40.3 Å². The van der Waals surface area contributed by atoms with Crippen LogP contribution >= 0.6 is 11.6 Å². The van der Waals surface area contributed by atoms with Crippen molar-refractivity contribution >= 4 is 27.7 Å². The maximum absolute atomic E-state index is 12.0. The lowest BCUT2D eigenvalue weighted by Crippen LogP contribution is -2.47. The zero-order chi connectivity index (χ0) is 15.4. The first-order valence-electron chi connectivity index (χ1n) is 6.07. The second-order valence-electron chi connectivity index (χ2n) is 4.97. The number of nitrogens with one attached hydrogen (secondary N) is 1. The molecule has 0 radical (unpaired) electrons. The van der Waals surface area contributed by atoms with Crippen LogP contribution in [0.4, 0.5) is 0 Å². The van der Waals surface area contributed by atoms with Crippen LogP contribution in [-0.4, -0.2) is 14.0 Å². The third-order valence-corrected chi connectivity index (χ3v) is 4.51. The second kappa shape index (κ2) is 6.40. The predicted octanol–water partition coefficient (Wildman–Crippen LogP) is 3.17. The molecular formula is C14H17ClN2O2S. The Morgan fingerprint density at radius 3 is 2.35 bits per heavy atom. The Bertz CT molecular complexity index is 630. The van der Waals surface area contributed by atoms with E-state index in [1.807, 2.05) is 6.07 Å². The molecule has 0 spiro atoms. The smallest absolute Gasteiger partial charge is 0.208 e.